The number of aromatic amines is 1. The number of ether oxygens (including phenoxy) is 2. The zero-order valence-electron chi connectivity index (χ0n) is 17.7. The summed E-state index contributed by atoms with van der Waals surface area (Å²) in [5, 5.41) is 3.28. The third kappa shape index (κ3) is 3.55. The lowest BCUT2D eigenvalue weighted by molar-refractivity contribution is 0.0969. The molecular weight excluding hydrogens is 400 g/mol. The maximum absolute atomic E-state index is 12.9. The van der Waals surface area contributed by atoms with E-state index < -0.39 is 0 Å². The van der Waals surface area contributed by atoms with Crippen molar-refractivity contribution in [2.24, 2.45) is 0 Å². The number of nitrogens with zero attached hydrogens (tertiary/aromatic N) is 1. The minimum Gasteiger partial charge on any atom is -0.458 e. The van der Waals surface area contributed by atoms with Crippen LogP contribution in [0.5, 0.6) is 11.5 Å². The van der Waals surface area contributed by atoms with Gasteiger partial charge in [0.1, 0.15) is 12.5 Å². The zero-order chi connectivity index (χ0) is 21.5. The molecule has 6 rings (SSSR count). The Bertz CT molecular complexity index is 1350. The first-order valence-electron chi connectivity index (χ1n) is 11.1. The zero-order valence-corrected chi connectivity index (χ0v) is 17.7. The third-order valence-corrected chi connectivity index (χ3v) is 6.65. The second-order valence-corrected chi connectivity index (χ2v) is 8.65. The van der Waals surface area contributed by atoms with Gasteiger partial charge in [0.15, 0.2) is 17.3 Å². The van der Waals surface area contributed by atoms with E-state index in [9.17, 15) is 4.79 Å². The summed E-state index contributed by atoms with van der Waals surface area (Å²) in [6, 6.07) is 18.5. The summed E-state index contributed by atoms with van der Waals surface area (Å²) in [7, 11) is 0. The Kier molecular flexibility index (Phi) is 4.69. The largest absolute Gasteiger partial charge is 0.458 e. The van der Waals surface area contributed by atoms with Crippen LogP contribution in [0.4, 0.5) is 0 Å². The SMILES string of the molecule is O=C(CCN1CCC(c2ccc3[nH]ccc3c2)C1)c1ccc2cc3c(cc2c1)OC=CO3. The molecular formula is C27H24N2O3. The van der Waals surface area contributed by atoms with Crippen LogP contribution in [0.25, 0.3) is 21.7 Å². The highest BCUT2D eigenvalue weighted by molar-refractivity contribution is 6.00. The number of H-pyrrole nitrogens is 1. The van der Waals surface area contributed by atoms with Gasteiger partial charge in [0, 0.05) is 36.8 Å². The normalized spacial score (nSPS) is 17.9. The van der Waals surface area contributed by atoms with Crippen LogP contribution in [-0.2, 0) is 0 Å². The van der Waals surface area contributed by atoms with Gasteiger partial charge in [-0.2, -0.15) is 0 Å². The minimum atomic E-state index is 0.180. The van der Waals surface area contributed by atoms with E-state index >= 15 is 0 Å². The summed E-state index contributed by atoms with van der Waals surface area (Å²) in [4.78, 5) is 18.6. The van der Waals surface area contributed by atoms with Gasteiger partial charge in [-0.15, -0.1) is 0 Å². The first kappa shape index (κ1) is 19.1. The molecule has 0 bridgehead atoms. The monoisotopic (exact) mass is 424 g/mol. The molecule has 0 spiro atoms. The molecule has 5 nitrogen and oxygen atoms in total. The Labute approximate surface area is 186 Å². The van der Waals surface area contributed by atoms with E-state index in [1.807, 2.05) is 36.5 Å². The van der Waals surface area contributed by atoms with E-state index in [0.717, 1.165) is 42.4 Å². The van der Waals surface area contributed by atoms with Gasteiger partial charge in [-0.05, 0) is 77.0 Å². The highest BCUT2D eigenvalue weighted by Gasteiger charge is 2.24. The molecule has 1 unspecified atom stereocenters. The number of aromatic nitrogens is 1. The van der Waals surface area contributed by atoms with E-state index in [1.165, 1.54) is 29.0 Å². The highest BCUT2D eigenvalue weighted by atomic mass is 16.5. The number of carbonyl (C=O) groups excluding carboxylic acids is 1. The maximum atomic E-state index is 12.9. The summed E-state index contributed by atoms with van der Waals surface area (Å²) in [5.74, 6) is 2.08. The topological polar surface area (TPSA) is 54.6 Å². The van der Waals surface area contributed by atoms with Crippen LogP contribution in [0.1, 0.15) is 34.7 Å². The van der Waals surface area contributed by atoms with Crippen molar-refractivity contribution in [1.29, 1.82) is 0 Å². The molecule has 2 aliphatic rings. The second kappa shape index (κ2) is 7.84. The van der Waals surface area contributed by atoms with Gasteiger partial charge in [-0.3, -0.25) is 4.79 Å². The fraction of sp³-hybridized carbons (Fsp3) is 0.222. The minimum absolute atomic E-state index is 0.180. The molecule has 0 amide bonds. The highest BCUT2D eigenvalue weighted by Crippen LogP contribution is 2.35. The van der Waals surface area contributed by atoms with E-state index in [1.54, 1.807) is 0 Å². The molecule has 3 heterocycles. The Hall–Kier alpha value is -3.57. The van der Waals surface area contributed by atoms with Crippen molar-refractivity contribution in [2.75, 3.05) is 19.6 Å². The lowest BCUT2D eigenvalue weighted by Crippen LogP contribution is -2.23. The van der Waals surface area contributed by atoms with Crippen molar-refractivity contribution in [1.82, 2.24) is 9.88 Å². The van der Waals surface area contributed by atoms with Gasteiger partial charge < -0.3 is 19.4 Å². The summed E-state index contributed by atoms with van der Waals surface area (Å²) < 4.78 is 11.0. The molecule has 1 atom stereocenters. The van der Waals surface area contributed by atoms with Crippen LogP contribution >= 0.6 is 0 Å². The number of benzene rings is 3. The predicted octanol–water partition coefficient (Wildman–Crippen LogP) is 5.63. The summed E-state index contributed by atoms with van der Waals surface area (Å²) >= 11 is 0. The molecule has 160 valence electrons. The van der Waals surface area contributed by atoms with E-state index in [4.69, 9.17) is 9.47 Å². The average molecular weight is 425 g/mol. The molecule has 1 N–H and O–H groups in total. The van der Waals surface area contributed by atoms with Gasteiger partial charge in [-0.25, -0.2) is 0 Å². The summed E-state index contributed by atoms with van der Waals surface area (Å²) in [5.41, 5.74) is 3.32. The molecule has 0 saturated carbocycles. The third-order valence-electron chi connectivity index (χ3n) is 6.65. The predicted molar refractivity (Wildman–Crippen MR) is 125 cm³/mol. The molecule has 0 radical (unpaired) electrons. The number of hydrogen-bond acceptors (Lipinski definition) is 4. The van der Waals surface area contributed by atoms with Crippen LogP contribution in [-0.4, -0.2) is 35.3 Å². The first-order valence-corrected chi connectivity index (χ1v) is 11.1. The second-order valence-electron chi connectivity index (χ2n) is 8.65. The van der Waals surface area contributed by atoms with Crippen LogP contribution in [0.2, 0.25) is 0 Å². The number of fused-ring (bicyclic) bond motifs is 3. The smallest absolute Gasteiger partial charge is 0.169 e. The van der Waals surface area contributed by atoms with Crippen molar-refractivity contribution in [3.8, 4) is 11.5 Å². The van der Waals surface area contributed by atoms with Crippen LogP contribution in [0, 0.1) is 0 Å². The van der Waals surface area contributed by atoms with Crippen molar-refractivity contribution in [3.63, 3.8) is 0 Å². The van der Waals surface area contributed by atoms with E-state index in [-0.39, 0.29) is 5.78 Å². The molecule has 4 aromatic rings. The lowest BCUT2D eigenvalue weighted by atomic mass is 9.97. The Morgan fingerprint density at radius 2 is 1.78 bits per heavy atom. The number of likely N-dealkylation sites (tertiary alicyclic amines) is 1. The molecule has 1 aromatic heterocycles. The van der Waals surface area contributed by atoms with Crippen LogP contribution in [0.15, 0.2) is 73.3 Å². The Balaban J connectivity index is 1.11. The summed E-state index contributed by atoms with van der Waals surface area (Å²) in [6.45, 7) is 2.85. The summed E-state index contributed by atoms with van der Waals surface area (Å²) in [6.07, 6.45) is 6.70. The first-order chi connectivity index (χ1) is 15.7. The molecule has 0 aliphatic carbocycles. The Morgan fingerprint density at radius 1 is 0.938 bits per heavy atom. The van der Waals surface area contributed by atoms with Crippen molar-refractivity contribution in [2.45, 2.75) is 18.8 Å². The number of nitrogens with one attached hydrogen (secondary N) is 1. The molecule has 2 aliphatic heterocycles. The van der Waals surface area contributed by atoms with Crippen LogP contribution in [0.3, 0.4) is 0 Å². The number of hydrogen-bond donors (Lipinski definition) is 1. The number of Topliss-reactive ketones (excluding diaryl/α,β-unsaturated/α-hetero) is 1. The number of carbonyl (C=O) groups is 1. The molecule has 1 saturated heterocycles. The van der Waals surface area contributed by atoms with Crippen LogP contribution < -0.4 is 9.47 Å². The fourth-order valence-electron chi connectivity index (χ4n) is 4.85. The van der Waals surface area contributed by atoms with Gasteiger partial charge in [0.2, 0.25) is 0 Å². The molecule has 3 aromatic carbocycles. The maximum Gasteiger partial charge on any atom is 0.169 e. The van der Waals surface area contributed by atoms with Gasteiger partial charge in [0.05, 0.1) is 0 Å². The van der Waals surface area contributed by atoms with Gasteiger partial charge in [-0.1, -0.05) is 18.2 Å². The fourth-order valence-corrected chi connectivity index (χ4v) is 4.85. The van der Waals surface area contributed by atoms with Crippen molar-refractivity contribution in [3.05, 3.63) is 84.4 Å². The lowest BCUT2D eigenvalue weighted by Gasteiger charge is -2.16. The van der Waals surface area contributed by atoms with E-state index in [2.05, 4.69) is 34.1 Å². The Morgan fingerprint density at radius 3 is 2.66 bits per heavy atom. The van der Waals surface area contributed by atoms with Gasteiger partial charge in [0.25, 0.3) is 0 Å². The number of rotatable bonds is 5. The number of ketones is 1. The van der Waals surface area contributed by atoms with Gasteiger partial charge >= 0.3 is 0 Å². The molecule has 32 heavy (non-hydrogen) atoms. The van der Waals surface area contributed by atoms with Crippen molar-refractivity contribution < 1.29 is 14.3 Å². The van der Waals surface area contributed by atoms with E-state index in [0.29, 0.717) is 23.8 Å². The molecule has 5 heteroatoms. The standard InChI is InChI=1S/C27H24N2O3/c30-25(21-2-1-19-15-26-27(16-23(19)14-21)32-12-11-31-26)7-10-29-9-6-22(17-29)18-3-4-24-20(13-18)5-8-28-24/h1-5,8,11-16,22,28H,6-7,9-10,17H2. The average Bonchev–Trinajstić information content (AvgIpc) is 3.50. The molecule has 1 fully saturated rings. The van der Waals surface area contributed by atoms with Crippen molar-refractivity contribution >= 4 is 27.5 Å². The quantitative estimate of drug-likeness (QED) is 0.422.